The third-order valence-corrected chi connectivity index (χ3v) is 9.33. The van der Waals surface area contributed by atoms with Gasteiger partial charge in [-0.3, -0.25) is 34.4 Å². The fraction of sp³-hybridized carbons (Fsp3) is 0.265. The molecule has 0 saturated heterocycles. The van der Waals surface area contributed by atoms with Gasteiger partial charge in [-0.1, -0.05) is 12.2 Å². The lowest BCUT2D eigenvalue weighted by Crippen LogP contribution is -2.20. The molecule has 0 radical (unpaired) electrons. The monoisotopic (exact) mass is 742 g/mol. The molecule has 6 rings (SSSR count). The second kappa shape index (κ2) is 14.4. The number of methoxy groups -OCH3 is 1. The van der Waals surface area contributed by atoms with Gasteiger partial charge in [0.25, 0.3) is 11.8 Å². The number of ether oxygens (including phenoxy) is 1. The molecular weight excluding hydrogens is 705 g/mol. The number of anilines is 2. The Morgan fingerprint density at radius 1 is 0.811 bits per heavy atom. The van der Waals surface area contributed by atoms with E-state index in [0.717, 1.165) is 0 Å². The zero-order chi connectivity index (χ0) is 38.2. The summed E-state index contributed by atoms with van der Waals surface area (Å²) in [6, 6.07) is 10.6. The maximum Gasteiger partial charge on any atom is 0.276 e. The van der Waals surface area contributed by atoms with Crippen molar-refractivity contribution >= 4 is 61.7 Å². The number of aromatic nitrogens is 8. The minimum atomic E-state index is -4.02. The zero-order valence-corrected chi connectivity index (χ0v) is 30.4. The number of hydrogen-bond donors (Lipinski definition) is 4. The van der Waals surface area contributed by atoms with Crippen molar-refractivity contribution in [3.05, 3.63) is 83.0 Å². The highest BCUT2D eigenvalue weighted by Gasteiger charge is 2.22. The number of hydrogen-bond acceptors (Lipinski definition) is 10. The number of nitrogens with zero attached hydrogens (tertiary/aromatic N) is 8. The van der Waals surface area contributed by atoms with Gasteiger partial charge in [-0.2, -0.15) is 10.2 Å². The Hall–Kier alpha value is -6.34. The molecule has 0 bridgehead atoms. The van der Waals surface area contributed by atoms with E-state index in [1.165, 1.54) is 31.4 Å². The van der Waals surface area contributed by atoms with E-state index in [2.05, 4.69) is 30.8 Å². The maximum atomic E-state index is 13.5. The Morgan fingerprint density at radius 2 is 1.36 bits per heavy atom. The number of nitrogens with one attached hydrogen (secondary N) is 2. The Balaban J connectivity index is 1.37. The Labute approximate surface area is 303 Å². The standard InChI is InChI=1S/C34H38N12O6S/c1-6-45-26(14-19(3)41-45)31(48)39-33-37-23-18-22(53(36,50)51)10-11-25(23)43(33)12-8-9-13-44-29-24(16-21(30(35)47)17-28(29)52-5)38-34(44)40-32(49)27-15-20(4)42-46(27)7-2/h8-11,14-18H,6-7,12-13H2,1-5H3,(H2,35,47)(H2,36,50,51)(H,37,39,48)(H,38,40,49)/b9-8+. The number of carbonyl (C=O) groups is 3. The Morgan fingerprint density at radius 3 is 1.89 bits per heavy atom. The highest BCUT2D eigenvalue weighted by atomic mass is 32.2. The third-order valence-electron chi connectivity index (χ3n) is 8.42. The summed E-state index contributed by atoms with van der Waals surface area (Å²) in [5, 5.41) is 19.8. The summed E-state index contributed by atoms with van der Waals surface area (Å²) in [6.45, 7) is 8.61. The quantitative estimate of drug-likeness (QED) is 0.126. The smallest absolute Gasteiger partial charge is 0.276 e. The molecule has 2 aromatic carbocycles. The van der Waals surface area contributed by atoms with Crippen LogP contribution in [-0.2, 0) is 36.2 Å². The molecule has 3 amide bonds. The van der Waals surface area contributed by atoms with E-state index in [4.69, 9.17) is 15.6 Å². The van der Waals surface area contributed by atoms with Gasteiger partial charge in [0.05, 0.1) is 39.9 Å². The number of nitrogens with two attached hydrogens (primary N) is 2. The van der Waals surface area contributed by atoms with Crippen molar-refractivity contribution in [3.63, 3.8) is 0 Å². The fourth-order valence-electron chi connectivity index (χ4n) is 6.00. The molecule has 0 spiro atoms. The number of primary sulfonamides is 1. The van der Waals surface area contributed by atoms with Gasteiger partial charge in [0.15, 0.2) is 0 Å². The molecule has 0 atom stereocenters. The van der Waals surface area contributed by atoms with Gasteiger partial charge in [0.1, 0.15) is 22.7 Å². The van der Waals surface area contributed by atoms with Crippen molar-refractivity contribution in [3.8, 4) is 5.75 Å². The zero-order valence-electron chi connectivity index (χ0n) is 29.6. The molecule has 0 aliphatic rings. The van der Waals surface area contributed by atoms with Crippen molar-refractivity contribution < 1.29 is 27.5 Å². The first-order chi connectivity index (χ1) is 25.2. The predicted molar refractivity (Wildman–Crippen MR) is 196 cm³/mol. The second-order valence-electron chi connectivity index (χ2n) is 12.1. The predicted octanol–water partition coefficient (Wildman–Crippen LogP) is 2.95. The van der Waals surface area contributed by atoms with Crippen LogP contribution in [0.2, 0.25) is 0 Å². The van der Waals surface area contributed by atoms with Crippen LogP contribution in [0, 0.1) is 13.8 Å². The minimum Gasteiger partial charge on any atom is -0.494 e. The molecule has 6 N–H and O–H groups in total. The van der Waals surface area contributed by atoms with Crippen molar-refractivity contribution in [2.24, 2.45) is 10.9 Å². The molecule has 6 aromatic rings. The van der Waals surface area contributed by atoms with E-state index in [0.29, 0.717) is 63.7 Å². The van der Waals surface area contributed by atoms with Gasteiger partial charge < -0.3 is 19.6 Å². The van der Waals surface area contributed by atoms with Gasteiger partial charge in [0, 0.05) is 31.7 Å². The van der Waals surface area contributed by atoms with Crippen LogP contribution in [0.1, 0.15) is 56.6 Å². The number of sulfonamides is 1. The lowest BCUT2D eigenvalue weighted by atomic mass is 10.1. The van der Waals surface area contributed by atoms with Crippen LogP contribution in [0.4, 0.5) is 11.9 Å². The summed E-state index contributed by atoms with van der Waals surface area (Å²) in [4.78, 5) is 48.1. The van der Waals surface area contributed by atoms with Gasteiger partial charge in [-0.05, 0) is 70.2 Å². The number of amides is 3. The molecule has 276 valence electrons. The second-order valence-corrected chi connectivity index (χ2v) is 13.6. The summed E-state index contributed by atoms with van der Waals surface area (Å²) in [5.41, 5.74) is 9.45. The molecule has 0 saturated carbocycles. The number of fused-ring (bicyclic) bond motifs is 2. The Kier molecular flexibility index (Phi) is 9.87. The van der Waals surface area contributed by atoms with Gasteiger partial charge in [-0.15, -0.1) is 0 Å². The number of benzene rings is 2. The van der Waals surface area contributed by atoms with Crippen LogP contribution in [0.5, 0.6) is 5.75 Å². The molecule has 0 fully saturated rings. The van der Waals surface area contributed by atoms with E-state index in [1.807, 2.05) is 26.0 Å². The number of rotatable bonds is 13. The van der Waals surface area contributed by atoms with Crippen molar-refractivity contribution in [2.45, 2.75) is 58.8 Å². The first-order valence-electron chi connectivity index (χ1n) is 16.5. The molecule has 19 heteroatoms. The molecule has 0 unspecified atom stereocenters. The van der Waals surface area contributed by atoms with Crippen molar-refractivity contribution in [2.75, 3.05) is 17.7 Å². The van der Waals surface area contributed by atoms with Gasteiger partial charge in [0.2, 0.25) is 27.8 Å². The Bertz CT molecular complexity index is 2560. The topological polar surface area (TPSA) is 242 Å². The molecular formula is C34H38N12O6S. The molecule has 53 heavy (non-hydrogen) atoms. The summed E-state index contributed by atoms with van der Waals surface area (Å²) in [5.74, 6) is -0.918. The van der Waals surface area contributed by atoms with E-state index in [-0.39, 0.29) is 35.4 Å². The van der Waals surface area contributed by atoms with Crippen LogP contribution < -0.4 is 26.2 Å². The van der Waals surface area contributed by atoms with Crippen LogP contribution in [0.15, 0.2) is 59.5 Å². The van der Waals surface area contributed by atoms with Gasteiger partial charge in [-0.25, -0.2) is 23.5 Å². The minimum absolute atomic E-state index is 0.130. The number of aryl methyl sites for hydroxylation is 4. The summed E-state index contributed by atoms with van der Waals surface area (Å²) in [6.07, 6.45) is 3.62. The third kappa shape index (κ3) is 7.24. The number of imidazole rings is 2. The van der Waals surface area contributed by atoms with Crippen molar-refractivity contribution in [1.29, 1.82) is 0 Å². The maximum absolute atomic E-state index is 13.5. The van der Waals surface area contributed by atoms with Crippen LogP contribution >= 0.6 is 0 Å². The van der Waals surface area contributed by atoms with Crippen LogP contribution in [-0.4, -0.2) is 71.9 Å². The molecule has 0 aliphatic carbocycles. The number of allylic oxidation sites excluding steroid dienone is 2. The van der Waals surface area contributed by atoms with Crippen molar-refractivity contribution in [1.82, 2.24) is 38.7 Å². The number of carbonyl (C=O) groups excluding carboxylic acids is 3. The average Bonchev–Trinajstić information content (AvgIpc) is 3.87. The summed E-state index contributed by atoms with van der Waals surface area (Å²) >= 11 is 0. The normalized spacial score (nSPS) is 11.9. The average molecular weight is 743 g/mol. The molecule has 18 nitrogen and oxygen atoms in total. The highest BCUT2D eigenvalue weighted by Crippen LogP contribution is 2.31. The van der Waals surface area contributed by atoms with Crippen LogP contribution in [0.3, 0.4) is 0 Å². The van der Waals surface area contributed by atoms with E-state index in [9.17, 15) is 22.8 Å². The van der Waals surface area contributed by atoms with E-state index < -0.39 is 27.7 Å². The number of primary amides is 1. The van der Waals surface area contributed by atoms with E-state index in [1.54, 1.807) is 50.5 Å². The molecule has 4 aromatic heterocycles. The summed E-state index contributed by atoms with van der Waals surface area (Å²) in [7, 11) is -2.57. The lowest BCUT2D eigenvalue weighted by Gasteiger charge is -2.11. The first-order valence-corrected chi connectivity index (χ1v) is 18.0. The fourth-order valence-corrected chi connectivity index (χ4v) is 6.53. The SMILES string of the molecule is CCn1nc(C)cc1C(=O)Nc1nc2cc(S(N)(=O)=O)ccc2n1C/C=C/Cn1c(NC(=O)c2cc(C)nn2CC)nc2cc(C(N)=O)cc(OC)c21. The van der Waals surface area contributed by atoms with E-state index >= 15 is 0 Å². The summed E-state index contributed by atoms with van der Waals surface area (Å²) < 4.78 is 36.4. The first kappa shape index (κ1) is 36.5. The largest absolute Gasteiger partial charge is 0.494 e. The van der Waals surface area contributed by atoms with Gasteiger partial charge >= 0.3 is 0 Å². The molecule has 4 heterocycles. The van der Waals surface area contributed by atoms with Crippen LogP contribution in [0.25, 0.3) is 22.1 Å². The highest BCUT2D eigenvalue weighted by molar-refractivity contribution is 7.89. The lowest BCUT2D eigenvalue weighted by molar-refractivity contribution is 0.0994. The molecule has 0 aliphatic heterocycles.